The topological polar surface area (TPSA) is 83.6 Å². The molecule has 0 unspecified atom stereocenters. The van der Waals surface area contributed by atoms with Gasteiger partial charge in [-0.15, -0.1) is 10.2 Å². The summed E-state index contributed by atoms with van der Waals surface area (Å²) in [6.07, 6.45) is 0. The number of carbonyl (C=O) groups is 1. The number of nitrogens with zero attached hydrogens (tertiary/aromatic N) is 4. The fourth-order valence-corrected chi connectivity index (χ4v) is 3.24. The third kappa shape index (κ3) is 3.99. The standard InChI is InChI=1S/C19H16FN5OS/c1-12(18(26)22-16-10-6-3-7-13(16)11-21)27-19-24-23-17(25(19)2)14-8-4-5-9-15(14)20/h3-10,12H,1-2H3,(H,22,26)/t12-/m0/s1. The Kier molecular flexibility index (Phi) is 5.52. The number of halogens is 1. The van der Waals surface area contributed by atoms with Crippen LogP contribution in [0, 0.1) is 17.1 Å². The molecule has 1 amide bonds. The highest BCUT2D eigenvalue weighted by Crippen LogP contribution is 2.27. The van der Waals surface area contributed by atoms with E-state index in [-0.39, 0.29) is 11.7 Å². The lowest BCUT2D eigenvalue weighted by molar-refractivity contribution is -0.115. The van der Waals surface area contributed by atoms with Gasteiger partial charge in [0, 0.05) is 7.05 Å². The molecule has 0 aliphatic carbocycles. The Morgan fingerprint density at radius 1 is 1.22 bits per heavy atom. The Balaban J connectivity index is 1.75. The van der Waals surface area contributed by atoms with Crippen LogP contribution in [0.25, 0.3) is 11.4 Å². The van der Waals surface area contributed by atoms with E-state index < -0.39 is 5.25 Å². The molecule has 0 saturated carbocycles. The zero-order chi connectivity index (χ0) is 19.4. The van der Waals surface area contributed by atoms with Crippen molar-refractivity contribution in [1.29, 1.82) is 5.26 Å². The molecule has 3 rings (SSSR count). The van der Waals surface area contributed by atoms with Crippen LogP contribution in [-0.2, 0) is 11.8 Å². The van der Waals surface area contributed by atoms with Gasteiger partial charge in [0.05, 0.1) is 22.1 Å². The molecule has 0 aliphatic heterocycles. The molecule has 1 N–H and O–H groups in total. The van der Waals surface area contributed by atoms with E-state index in [9.17, 15) is 9.18 Å². The number of hydrogen-bond donors (Lipinski definition) is 1. The average molecular weight is 381 g/mol. The number of rotatable bonds is 5. The van der Waals surface area contributed by atoms with Gasteiger partial charge in [-0.25, -0.2) is 4.39 Å². The number of thioether (sulfide) groups is 1. The summed E-state index contributed by atoms with van der Waals surface area (Å²) >= 11 is 1.20. The summed E-state index contributed by atoms with van der Waals surface area (Å²) in [5.74, 6) is -0.264. The predicted molar refractivity (Wildman–Crippen MR) is 102 cm³/mol. The number of aromatic nitrogens is 3. The van der Waals surface area contributed by atoms with Crippen LogP contribution in [0.5, 0.6) is 0 Å². The van der Waals surface area contributed by atoms with E-state index in [0.717, 1.165) is 0 Å². The number of amides is 1. The van der Waals surface area contributed by atoms with Gasteiger partial charge in [-0.1, -0.05) is 36.0 Å². The van der Waals surface area contributed by atoms with Crippen LogP contribution in [0.2, 0.25) is 0 Å². The van der Waals surface area contributed by atoms with E-state index in [4.69, 9.17) is 5.26 Å². The van der Waals surface area contributed by atoms with Crippen LogP contribution in [0.3, 0.4) is 0 Å². The van der Waals surface area contributed by atoms with E-state index in [1.807, 2.05) is 6.07 Å². The highest BCUT2D eigenvalue weighted by molar-refractivity contribution is 8.00. The molecule has 2 aromatic carbocycles. The molecule has 3 aromatic rings. The van der Waals surface area contributed by atoms with Gasteiger partial charge < -0.3 is 9.88 Å². The van der Waals surface area contributed by atoms with Crippen LogP contribution in [-0.4, -0.2) is 25.9 Å². The first-order valence-electron chi connectivity index (χ1n) is 8.12. The fourth-order valence-electron chi connectivity index (χ4n) is 2.43. The summed E-state index contributed by atoms with van der Waals surface area (Å²) in [6.45, 7) is 1.73. The molecule has 0 fully saturated rings. The van der Waals surface area contributed by atoms with Crippen LogP contribution >= 0.6 is 11.8 Å². The Bertz CT molecular complexity index is 1030. The largest absolute Gasteiger partial charge is 0.324 e. The van der Waals surface area contributed by atoms with Gasteiger partial charge in [-0.3, -0.25) is 4.79 Å². The van der Waals surface area contributed by atoms with Crippen LogP contribution < -0.4 is 5.32 Å². The molecule has 1 atom stereocenters. The number of nitrogens with one attached hydrogen (secondary N) is 1. The van der Waals surface area contributed by atoms with Crippen molar-refractivity contribution >= 4 is 23.4 Å². The van der Waals surface area contributed by atoms with Crippen molar-refractivity contribution in [2.45, 2.75) is 17.3 Å². The number of anilines is 1. The lowest BCUT2D eigenvalue weighted by atomic mass is 10.2. The molecule has 0 aliphatic rings. The van der Waals surface area contributed by atoms with Crippen LogP contribution in [0.4, 0.5) is 10.1 Å². The minimum Gasteiger partial charge on any atom is -0.324 e. The zero-order valence-electron chi connectivity index (χ0n) is 14.7. The Morgan fingerprint density at radius 2 is 1.93 bits per heavy atom. The zero-order valence-corrected chi connectivity index (χ0v) is 15.5. The van der Waals surface area contributed by atoms with Crippen LogP contribution in [0.1, 0.15) is 12.5 Å². The number of benzene rings is 2. The third-order valence-electron chi connectivity index (χ3n) is 3.91. The molecule has 0 spiro atoms. The third-order valence-corrected chi connectivity index (χ3v) is 5.04. The summed E-state index contributed by atoms with van der Waals surface area (Å²) in [5.41, 5.74) is 1.20. The Morgan fingerprint density at radius 3 is 2.67 bits per heavy atom. The minimum absolute atomic E-state index is 0.266. The molecule has 0 radical (unpaired) electrons. The maximum absolute atomic E-state index is 14.0. The van der Waals surface area contributed by atoms with Crippen molar-refractivity contribution < 1.29 is 9.18 Å². The Hall–Kier alpha value is -3.18. The monoisotopic (exact) mass is 381 g/mol. The Labute approximate surface area is 160 Å². The molecule has 0 bridgehead atoms. The maximum Gasteiger partial charge on any atom is 0.237 e. The lowest BCUT2D eigenvalue weighted by Gasteiger charge is -2.12. The maximum atomic E-state index is 14.0. The lowest BCUT2D eigenvalue weighted by Crippen LogP contribution is -2.23. The van der Waals surface area contributed by atoms with Crippen molar-refractivity contribution in [3.8, 4) is 17.5 Å². The molecule has 1 aromatic heterocycles. The van der Waals surface area contributed by atoms with Crippen molar-refractivity contribution in [3.05, 3.63) is 59.9 Å². The second-order valence-corrected chi connectivity index (χ2v) is 7.06. The highest BCUT2D eigenvalue weighted by atomic mass is 32.2. The first-order chi connectivity index (χ1) is 13.0. The van der Waals surface area contributed by atoms with E-state index in [1.54, 1.807) is 61.0 Å². The molecule has 27 heavy (non-hydrogen) atoms. The van der Waals surface area contributed by atoms with Crippen molar-refractivity contribution in [3.63, 3.8) is 0 Å². The molecule has 8 heteroatoms. The van der Waals surface area contributed by atoms with Gasteiger partial charge in [0.1, 0.15) is 11.9 Å². The van der Waals surface area contributed by atoms with Crippen molar-refractivity contribution in [2.24, 2.45) is 7.05 Å². The highest BCUT2D eigenvalue weighted by Gasteiger charge is 2.21. The number of hydrogen-bond acceptors (Lipinski definition) is 5. The van der Waals surface area contributed by atoms with Gasteiger partial charge in [0.15, 0.2) is 11.0 Å². The second-order valence-electron chi connectivity index (χ2n) is 5.75. The van der Waals surface area contributed by atoms with Crippen LogP contribution in [0.15, 0.2) is 53.7 Å². The van der Waals surface area contributed by atoms with Gasteiger partial charge in [-0.2, -0.15) is 5.26 Å². The number of carbonyl (C=O) groups excluding carboxylic acids is 1. The van der Waals surface area contributed by atoms with E-state index >= 15 is 0 Å². The smallest absolute Gasteiger partial charge is 0.237 e. The van der Waals surface area contributed by atoms with Crippen molar-refractivity contribution in [2.75, 3.05) is 5.32 Å². The number of nitriles is 1. The first kappa shape index (κ1) is 18.6. The predicted octanol–water partition coefficient (Wildman–Crippen LogP) is 3.61. The molecule has 1 heterocycles. The molecular formula is C19H16FN5OS. The normalized spacial score (nSPS) is 11.6. The number of para-hydroxylation sites is 1. The average Bonchev–Trinajstić information content (AvgIpc) is 3.03. The molecule has 6 nitrogen and oxygen atoms in total. The molecule has 136 valence electrons. The quantitative estimate of drug-likeness (QED) is 0.683. The summed E-state index contributed by atoms with van der Waals surface area (Å²) in [7, 11) is 1.72. The van der Waals surface area contributed by atoms with E-state index in [2.05, 4.69) is 15.5 Å². The summed E-state index contributed by atoms with van der Waals surface area (Å²) < 4.78 is 15.6. The van der Waals surface area contributed by atoms with Gasteiger partial charge >= 0.3 is 0 Å². The van der Waals surface area contributed by atoms with Crippen molar-refractivity contribution in [1.82, 2.24) is 14.8 Å². The van der Waals surface area contributed by atoms with E-state index in [1.165, 1.54) is 17.8 Å². The summed E-state index contributed by atoms with van der Waals surface area (Å²) in [5, 5.41) is 20.0. The summed E-state index contributed by atoms with van der Waals surface area (Å²) in [6, 6.07) is 15.2. The van der Waals surface area contributed by atoms with Gasteiger partial charge in [0.2, 0.25) is 5.91 Å². The SMILES string of the molecule is C[C@H](Sc1nnc(-c2ccccc2F)n1C)C(=O)Nc1ccccc1C#N. The fraction of sp³-hybridized carbons (Fsp3) is 0.158. The van der Waals surface area contributed by atoms with Gasteiger partial charge in [-0.05, 0) is 31.2 Å². The molecular weight excluding hydrogens is 365 g/mol. The summed E-state index contributed by atoms with van der Waals surface area (Å²) in [4.78, 5) is 12.5. The first-order valence-corrected chi connectivity index (χ1v) is 9.00. The van der Waals surface area contributed by atoms with E-state index in [0.29, 0.717) is 27.8 Å². The second kappa shape index (κ2) is 8.01. The van der Waals surface area contributed by atoms with Gasteiger partial charge in [0.25, 0.3) is 0 Å². The minimum atomic E-state index is -0.492. The molecule has 0 saturated heterocycles.